The molecule has 1 atom stereocenters. The van der Waals surface area contributed by atoms with Crippen molar-refractivity contribution in [3.05, 3.63) is 22.2 Å². The molecule has 0 aromatic rings. The third kappa shape index (κ3) is 2.55. The number of hydrogen-bond acceptors (Lipinski definition) is 4. The van der Waals surface area contributed by atoms with Gasteiger partial charge in [-0.15, -0.1) is 0 Å². The van der Waals surface area contributed by atoms with E-state index >= 15 is 0 Å². The molecule has 0 amide bonds. The van der Waals surface area contributed by atoms with Crippen LogP contribution in [0.2, 0.25) is 0 Å². The molecule has 6 heteroatoms. The minimum absolute atomic E-state index is 0.306. The largest absolute Gasteiger partial charge is 0.468 e. The minimum Gasteiger partial charge on any atom is -0.468 e. The van der Waals surface area contributed by atoms with Gasteiger partial charge in [0.15, 0.2) is 0 Å². The average Bonchev–Trinajstić information content (AvgIpc) is 2.27. The van der Waals surface area contributed by atoms with E-state index in [-0.39, 0.29) is 0 Å². The van der Waals surface area contributed by atoms with E-state index in [1.807, 2.05) is 0 Å². The molecular formula is C10H10Br2O4. The molecule has 88 valence electrons. The number of methoxy groups -OCH3 is 2. The molecule has 1 unspecified atom stereocenters. The second-order valence-corrected chi connectivity index (χ2v) is 5.55. The van der Waals surface area contributed by atoms with Gasteiger partial charge in [0.1, 0.15) is 4.32 Å². The Morgan fingerprint density at radius 1 is 1.38 bits per heavy atom. The van der Waals surface area contributed by atoms with Crippen LogP contribution in [0.15, 0.2) is 22.2 Å². The molecule has 0 spiro atoms. The first kappa shape index (κ1) is 13.4. The van der Waals surface area contributed by atoms with Gasteiger partial charge < -0.3 is 9.47 Å². The third-order valence-corrected chi connectivity index (χ3v) is 3.72. The first-order valence-corrected chi connectivity index (χ1v) is 5.96. The van der Waals surface area contributed by atoms with Gasteiger partial charge in [0, 0.05) is 10.9 Å². The van der Waals surface area contributed by atoms with E-state index in [0.29, 0.717) is 16.5 Å². The van der Waals surface area contributed by atoms with Crippen LogP contribution in [-0.4, -0.2) is 30.5 Å². The summed E-state index contributed by atoms with van der Waals surface area (Å²) >= 11 is 6.54. The van der Waals surface area contributed by atoms with Crippen LogP contribution in [0.5, 0.6) is 0 Å². The van der Waals surface area contributed by atoms with Gasteiger partial charge in [-0.3, -0.25) is 4.79 Å². The van der Waals surface area contributed by atoms with Gasteiger partial charge in [0.2, 0.25) is 0 Å². The second-order valence-electron chi connectivity index (χ2n) is 3.17. The summed E-state index contributed by atoms with van der Waals surface area (Å²) in [5, 5.41) is 0. The number of esters is 2. The summed E-state index contributed by atoms with van der Waals surface area (Å²) in [6, 6.07) is 0. The van der Waals surface area contributed by atoms with Crippen LogP contribution in [0.4, 0.5) is 0 Å². The molecule has 0 aromatic carbocycles. The maximum atomic E-state index is 11.5. The molecule has 0 fully saturated rings. The Hall–Kier alpha value is -0.620. The van der Waals surface area contributed by atoms with E-state index in [9.17, 15) is 9.59 Å². The molecular weight excluding hydrogens is 344 g/mol. The predicted molar refractivity (Wildman–Crippen MR) is 65.4 cm³/mol. The number of alkyl halides is 1. The van der Waals surface area contributed by atoms with Crippen molar-refractivity contribution in [1.82, 2.24) is 0 Å². The standard InChI is InChI=1S/C10H10Br2O4/c1-15-8(13)6-3-4-10(12,5-7(6)11)9(14)16-2/h3-4H,5H2,1-2H3. The van der Waals surface area contributed by atoms with E-state index < -0.39 is 16.3 Å². The first-order chi connectivity index (χ1) is 7.44. The maximum Gasteiger partial charge on any atom is 0.338 e. The van der Waals surface area contributed by atoms with E-state index in [1.165, 1.54) is 20.3 Å². The number of rotatable bonds is 2. The van der Waals surface area contributed by atoms with Crippen molar-refractivity contribution in [2.24, 2.45) is 0 Å². The Balaban J connectivity index is 2.97. The van der Waals surface area contributed by atoms with Gasteiger partial charge in [-0.25, -0.2) is 4.79 Å². The van der Waals surface area contributed by atoms with Crippen molar-refractivity contribution in [1.29, 1.82) is 0 Å². The van der Waals surface area contributed by atoms with Crippen LogP contribution in [0, 0.1) is 0 Å². The van der Waals surface area contributed by atoms with Crippen LogP contribution < -0.4 is 0 Å². The smallest absolute Gasteiger partial charge is 0.338 e. The van der Waals surface area contributed by atoms with Gasteiger partial charge >= 0.3 is 11.9 Å². The van der Waals surface area contributed by atoms with Crippen molar-refractivity contribution >= 4 is 43.8 Å². The lowest BCUT2D eigenvalue weighted by Gasteiger charge is -2.24. The zero-order valence-corrected chi connectivity index (χ0v) is 11.9. The van der Waals surface area contributed by atoms with E-state index in [2.05, 4.69) is 41.3 Å². The van der Waals surface area contributed by atoms with Gasteiger partial charge in [-0.05, 0) is 6.08 Å². The van der Waals surface area contributed by atoms with Crippen LogP contribution in [0.1, 0.15) is 6.42 Å². The van der Waals surface area contributed by atoms with Crippen molar-refractivity contribution in [2.75, 3.05) is 14.2 Å². The van der Waals surface area contributed by atoms with Crippen LogP contribution >= 0.6 is 31.9 Å². The monoisotopic (exact) mass is 352 g/mol. The lowest BCUT2D eigenvalue weighted by molar-refractivity contribution is -0.142. The van der Waals surface area contributed by atoms with Crippen LogP contribution in [0.25, 0.3) is 0 Å². The highest BCUT2D eigenvalue weighted by atomic mass is 79.9. The van der Waals surface area contributed by atoms with E-state index in [1.54, 1.807) is 6.08 Å². The molecule has 1 rings (SSSR count). The number of halogens is 2. The number of hydrogen-bond donors (Lipinski definition) is 0. The summed E-state index contributed by atoms with van der Waals surface area (Å²) in [4.78, 5) is 22.8. The summed E-state index contributed by atoms with van der Waals surface area (Å²) in [5.41, 5.74) is 0.404. The molecule has 0 saturated carbocycles. The van der Waals surface area contributed by atoms with Crippen molar-refractivity contribution in [3.63, 3.8) is 0 Å². The minimum atomic E-state index is -0.919. The van der Waals surface area contributed by atoms with Gasteiger partial charge in [0.25, 0.3) is 0 Å². The average molecular weight is 354 g/mol. The SMILES string of the molecule is COC(=O)C1=C(Br)CC(Br)(C(=O)OC)C=C1. The molecule has 1 aliphatic carbocycles. The number of carbonyl (C=O) groups is 2. The molecule has 0 aliphatic heterocycles. The third-order valence-electron chi connectivity index (χ3n) is 2.15. The number of carbonyl (C=O) groups excluding carboxylic acids is 2. The molecule has 0 heterocycles. The van der Waals surface area contributed by atoms with E-state index in [0.717, 1.165) is 0 Å². The fourth-order valence-corrected chi connectivity index (χ4v) is 2.97. The molecule has 16 heavy (non-hydrogen) atoms. The normalized spacial score (nSPS) is 24.2. The molecule has 0 radical (unpaired) electrons. The van der Waals surface area contributed by atoms with Crippen LogP contribution in [0.3, 0.4) is 0 Å². The molecule has 0 bridgehead atoms. The van der Waals surface area contributed by atoms with Crippen molar-refractivity contribution in [2.45, 2.75) is 10.7 Å². The Morgan fingerprint density at radius 3 is 2.44 bits per heavy atom. The second kappa shape index (κ2) is 5.14. The number of ether oxygens (including phenoxy) is 2. The van der Waals surface area contributed by atoms with Crippen molar-refractivity contribution < 1.29 is 19.1 Å². The quantitative estimate of drug-likeness (QED) is 0.563. The van der Waals surface area contributed by atoms with Gasteiger partial charge in [-0.1, -0.05) is 37.9 Å². The van der Waals surface area contributed by atoms with Crippen molar-refractivity contribution in [3.8, 4) is 0 Å². The zero-order valence-electron chi connectivity index (χ0n) is 8.75. The zero-order chi connectivity index (χ0) is 12.3. The van der Waals surface area contributed by atoms with E-state index in [4.69, 9.17) is 0 Å². The lowest BCUT2D eigenvalue weighted by Crippen LogP contribution is -2.33. The summed E-state index contributed by atoms with van der Waals surface area (Å²) in [5.74, 6) is -0.854. The Bertz CT molecular complexity index is 386. The molecule has 0 saturated heterocycles. The highest BCUT2D eigenvalue weighted by Crippen LogP contribution is 2.38. The molecule has 0 aromatic heterocycles. The summed E-state index contributed by atoms with van der Waals surface area (Å²) in [7, 11) is 2.62. The van der Waals surface area contributed by atoms with Gasteiger partial charge in [-0.2, -0.15) is 0 Å². The van der Waals surface area contributed by atoms with Gasteiger partial charge in [0.05, 0.1) is 19.8 Å². The maximum absolute atomic E-state index is 11.5. The predicted octanol–water partition coefficient (Wildman–Crippen LogP) is 2.08. The summed E-state index contributed by atoms with van der Waals surface area (Å²) in [6.07, 6.45) is 3.42. The fraction of sp³-hybridized carbons (Fsp3) is 0.400. The first-order valence-electron chi connectivity index (χ1n) is 4.38. The molecule has 0 N–H and O–H groups in total. The fourth-order valence-electron chi connectivity index (χ4n) is 1.28. The Labute approximate surface area is 110 Å². The Morgan fingerprint density at radius 2 is 2.00 bits per heavy atom. The lowest BCUT2D eigenvalue weighted by atomic mass is 9.96. The van der Waals surface area contributed by atoms with Crippen LogP contribution in [-0.2, 0) is 19.1 Å². The highest BCUT2D eigenvalue weighted by Gasteiger charge is 2.38. The topological polar surface area (TPSA) is 52.6 Å². The molecule has 1 aliphatic rings. The molecule has 4 nitrogen and oxygen atoms in total. The highest BCUT2D eigenvalue weighted by molar-refractivity contribution is 9.12. The number of allylic oxidation sites excluding steroid dienone is 1. The summed E-state index contributed by atoms with van der Waals surface area (Å²) in [6.45, 7) is 0. The Kier molecular flexibility index (Phi) is 4.32. The summed E-state index contributed by atoms with van der Waals surface area (Å²) < 4.78 is 8.95.